The number of hydrogen-bond donors (Lipinski definition) is 0. The predicted octanol–water partition coefficient (Wildman–Crippen LogP) is 13.2. The molecule has 0 saturated heterocycles. The maximum absolute atomic E-state index is 8.58. The van der Waals surface area contributed by atoms with Crippen LogP contribution in [0.4, 0.5) is 0 Å². The monoisotopic (exact) mass is 721 g/mol. The van der Waals surface area contributed by atoms with E-state index in [2.05, 4.69) is 83.4 Å². The van der Waals surface area contributed by atoms with Crippen LogP contribution in [-0.4, -0.2) is 19.5 Å². The van der Waals surface area contributed by atoms with E-state index in [1.807, 2.05) is 66.7 Å². The summed E-state index contributed by atoms with van der Waals surface area (Å²) in [5.41, 5.74) is 9.70. The highest BCUT2D eigenvalue weighted by Gasteiger charge is 2.19. The van der Waals surface area contributed by atoms with Gasteiger partial charge < -0.3 is 8.98 Å². The second kappa shape index (κ2) is 13.0. The number of para-hydroxylation sites is 2. The molecule has 56 heavy (non-hydrogen) atoms. The second-order valence-corrected chi connectivity index (χ2v) is 13.7. The first-order chi connectivity index (χ1) is 29.8. The lowest BCUT2D eigenvalue weighted by Crippen LogP contribution is -2.00. The van der Waals surface area contributed by atoms with E-state index in [0.29, 0.717) is 34.2 Å². The summed E-state index contributed by atoms with van der Waals surface area (Å²) in [6.45, 7) is 0. The SMILES string of the molecule is [2H]c1c([2H])c([2H])c(-c2cccc(-c3nc(-c4ccccc4)nc(-c4ccc5c(c4)oc4cccc(-c6ccc7c(c6)c6ccccc6n7-c6ccccc6)c45)n3)c2)c([2H])c1[2H]. The van der Waals surface area contributed by atoms with Gasteiger partial charge in [-0.25, -0.2) is 15.0 Å². The van der Waals surface area contributed by atoms with Crippen molar-refractivity contribution in [3.63, 3.8) is 0 Å². The molecule has 0 saturated carbocycles. The molecule has 3 heterocycles. The summed E-state index contributed by atoms with van der Waals surface area (Å²) in [7, 11) is 0. The molecule has 0 aliphatic rings. The Bertz CT molecular complexity index is 3520. The standard InChI is InChI=1S/C51H32N4O/c1-4-14-33(15-5-1)35-18-12-19-37(30-35)50-52-49(34-16-6-2-7-17-34)53-51(54-50)38-26-28-42-47(32-38)56-46-25-13-23-40(48(42)46)36-27-29-45-43(31-36)41-22-10-11-24-44(41)55(45)39-20-8-3-9-21-39/h1-32H/i1D,4D,5D,14D,15D. The summed E-state index contributed by atoms with van der Waals surface area (Å²) in [5.74, 6) is 1.26. The molecule has 0 amide bonds. The molecule has 3 aromatic heterocycles. The highest BCUT2D eigenvalue weighted by atomic mass is 16.3. The van der Waals surface area contributed by atoms with Gasteiger partial charge in [0, 0.05) is 43.9 Å². The summed E-state index contributed by atoms with van der Waals surface area (Å²) < 4.78 is 50.6. The Hall–Kier alpha value is -7.63. The molecule has 0 aliphatic heterocycles. The van der Waals surface area contributed by atoms with Gasteiger partial charge in [0.1, 0.15) is 11.2 Å². The third-order valence-corrected chi connectivity index (χ3v) is 10.3. The van der Waals surface area contributed by atoms with Gasteiger partial charge in [-0.1, -0.05) is 139 Å². The van der Waals surface area contributed by atoms with Crippen molar-refractivity contribution in [1.82, 2.24) is 19.5 Å². The first kappa shape index (κ1) is 27.0. The first-order valence-electron chi connectivity index (χ1n) is 20.9. The molecule has 0 bridgehead atoms. The van der Waals surface area contributed by atoms with E-state index in [1.54, 1.807) is 18.2 Å². The van der Waals surface area contributed by atoms with Crippen LogP contribution in [-0.2, 0) is 0 Å². The lowest BCUT2D eigenvalue weighted by molar-refractivity contribution is 0.669. The Morgan fingerprint density at radius 1 is 0.411 bits per heavy atom. The van der Waals surface area contributed by atoms with Crippen molar-refractivity contribution in [1.29, 1.82) is 0 Å². The average Bonchev–Trinajstić information content (AvgIpc) is 3.86. The van der Waals surface area contributed by atoms with Crippen molar-refractivity contribution in [2.24, 2.45) is 0 Å². The van der Waals surface area contributed by atoms with Crippen molar-refractivity contribution in [3.05, 3.63) is 194 Å². The zero-order chi connectivity index (χ0) is 41.4. The van der Waals surface area contributed by atoms with Gasteiger partial charge in [0.15, 0.2) is 17.5 Å². The van der Waals surface area contributed by atoms with Gasteiger partial charge in [0.2, 0.25) is 0 Å². The van der Waals surface area contributed by atoms with Gasteiger partial charge in [-0.15, -0.1) is 0 Å². The first-order valence-corrected chi connectivity index (χ1v) is 18.4. The van der Waals surface area contributed by atoms with Gasteiger partial charge in [-0.2, -0.15) is 0 Å². The van der Waals surface area contributed by atoms with Gasteiger partial charge >= 0.3 is 0 Å². The number of nitrogens with zero attached hydrogens (tertiary/aromatic N) is 4. The number of furan rings is 1. The van der Waals surface area contributed by atoms with E-state index in [9.17, 15) is 0 Å². The lowest BCUT2D eigenvalue weighted by atomic mass is 9.97. The number of benzene rings is 8. The van der Waals surface area contributed by atoms with Crippen LogP contribution in [0.3, 0.4) is 0 Å². The molecule has 11 aromatic rings. The van der Waals surface area contributed by atoms with E-state index >= 15 is 0 Å². The summed E-state index contributed by atoms with van der Waals surface area (Å²) in [6, 6.07) is 52.8. The highest BCUT2D eigenvalue weighted by Crippen LogP contribution is 2.41. The van der Waals surface area contributed by atoms with Gasteiger partial charge in [0.25, 0.3) is 0 Å². The minimum absolute atomic E-state index is 0.110. The maximum Gasteiger partial charge on any atom is 0.164 e. The van der Waals surface area contributed by atoms with Crippen LogP contribution in [0.5, 0.6) is 0 Å². The number of aromatic nitrogens is 4. The summed E-state index contributed by atoms with van der Waals surface area (Å²) >= 11 is 0. The van der Waals surface area contributed by atoms with E-state index in [0.717, 1.165) is 55.3 Å². The molecule has 0 N–H and O–H groups in total. The fourth-order valence-corrected chi connectivity index (χ4v) is 7.76. The van der Waals surface area contributed by atoms with Crippen LogP contribution in [0.1, 0.15) is 6.85 Å². The molecule has 0 aliphatic carbocycles. The Labute approximate surface area is 329 Å². The van der Waals surface area contributed by atoms with Crippen molar-refractivity contribution >= 4 is 43.7 Å². The second-order valence-electron chi connectivity index (χ2n) is 13.7. The zero-order valence-electron chi connectivity index (χ0n) is 34.8. The van der Waals surface area contributed by atoms with E-state index in [1.165, 1.54) is 10.8 Å². The number of hydrogen-bond acceptors (Lipinski definition) is 4. The fourth-order valence-electron chi connectivity index (χ4n) is 7.76. The Balaban J connectivity index is 1.04. The molecule has 0 atom stereocenters. The Morgan fingerprint density at radius 2 is 1.05 bits per heavy atom. The van der Waals surface area contributed by atoms with Gasteiger partial charge in [0.05, 0.1) is 17.9 Å². The van der Waals surface area contributed by atoms with Crippen molar-refractivity contribution in [3.8, 4) is 62.1 Å². The molecule has 262 valence electrons. The zero-order valence-corrected chi connectivity index (χ0v) is 29.8. The number of fused-ring (bicyclic) bond motifs is 6. The molecule has 8 aromatic carbocycles. The summed E-state index contributed by atoms with van der Waals surface area (Å²) in [6.07, 6.45) is 0. The molecular formula is C51H32N4O. The average molecular weight is 722 g/mol. The molecule has 0 radical (unpaired) electrons. The van der Waals surface area contributed by atoms with Crippen LogP contribution in [0, 0.1) is 0 Å². The normalized spacial score (nSPS) is 12.8. The van der Waals surface area contributed by atoms with Gasteiger partial charge in [-0.05, 0) is 76.9 Å². The smallest absolute Gasteiger partial charge is 0.164 e. The molecule has 5 heteroatoms. The van der Waals surface area contributed by atoms with Crippen LogP contribution in [0.25, 0.3) is 106 Å². The van der Waals surface area contributed by atoms with E-state index < -0.39 is 18.1 Å². The van der Waals surface area contributed by atoms with Crippen LogP contribution in [0.2, 0.25) is 0 Å². The van der Waals surface area contributed by atoms with E-state index in [4.69, 9.17) is 26.2 Å². The third kappa shape index (κ3) is 5.37. The summed E-state index contributed by atoms with van der Waals surface area (Å²) in [5, 5.41) is 4.33. The predicted molar refractivity (Wildman–Crippen MR) is 229 cm³/mol. The molecule has 0 spiro atoms. The fraction of sp³-hybridized carbons (Fsp3) is 0. The lowest BCUT2D eigenvalue weighted by Gasteiger charge is -2.10. The minimum atomic E-state index is -0.438. The number of rotatable bonds is 6. The Morgan fingerprint density at radius 3 is 1.88 bits per heavy atom. The van der Waals surface area contributed by atoms with Crippen LogP contribution < -0.4 is 0 Å². The van der Waals surface area contributed by atoms with E-state index in [-0.39, 0.29) is 17.6 Å². The van der Waals surface area contributed by atoms with Crippen LogP contribution in [0.15, 0.2) is 198 Å². The molecular weight excluding hydrogens is 685 g/mol. The minimum Gasteiger partial charge on any atom is -0.456 e. The quantitative estimate of drug-likeness (QED) is 0.172. The van der Waals surface area contributed by atoms with Crippen molar-refractivity contribution < 1.29 is 11.3 Å². The maximum atomic E-state index is 8.58. The molecule has 5 nitrogen and oxygen atoms in total. The Kier molecular flexibility index (Phi) is 6.29. The highest BCUT2D eigenvalue weighted by molar-refractivity contribution is 6.15. The van der Waals surface area contributed by atoms with Crippen molar-refractivity contribution in [2.75, 3.05) is 0 Å². The third-order valence-electron chi connectivity index (χ3n) is 10.3. The van der Waals surface area contributed by atoms with Gasteiger partial charge in [-0.3, -0.25) is 0 Å². The van der Waals surface area contributed by atoms with Crippen LogP contribution >= 0.6 is 0 Å². The largest absolute Gasteiger partial charge is 0.456 e. The molecule has 11 rings (SSSR count). The summed E-state index contributed by atoms with van der Waals surface area (Å²) in [4.78, 5) is 14.8. The molecule has 0 unspecified atom stereocenters. The molecule has 0 fully saturated rings. The van der Waals surface area contributed by atoms with Crippen molar-refractivity contribution in [2.45, 2.75) is 0 Å². The topological polar surface area (TPSA) is 56.7 Å².